The molecule has 9 aromatic carbocycles. The minimum atomic E-state index is 0.643. The van der Waals surface area contributed by atoms with E-state index in [1.807, 2.05) is 158 Å². The zero-order valence-corrected chi connectivity index (χ0v) is 83.4. The SMILES string of the molecule is CC.CC.CC.CC.CC.CC.CC.CC.CC.CC.CC.Cc1c(C)c(C)c(C)c(C)c1C.Cc1ccc2c(C)c(C)c(C)c(C)c2c1C.Cc1cccc(-c2c(C)c(C)c(C)c(C)c2C)c1C.Cc1cccc(OCc2c(C)c(C)c(C)c(C)c2C)c1C.Cc1cccc(Oc2c(C)c(C)c(C)c(C)c2C)c1C. The van der Waals surface area contributed by atoms with Gasteiger partial charge in [0.1, 0.15) is 23.9 Å². The Morgan fingerprint density at radius 3 is 0.773 bits per heavy atom. The molecule has 0 amide bonds. The van der Waals surface area contributed by atoms with Crippen molar-refractivity contribution >= 4 is 10.8 Å². The summed E-state index contributed by atoms with van der Waals surface area (Å²) in [4.78, 5) is 0. The first-order chi connectivity index (χ1) is 52.0. The molecule has 110 heavy (non-hydrogen) atoms. The first-order valence-corrected chi connectivity index (χ1v) is 43.1. The molecule has 0 N–H and O–H groups in total. The van der Waals surface area contributed by atoms with Crippen molar-refractivity contribution in [3.63, 3.8) is 0 Å². The Morgan fingerprint density at radius 2 is 0.436 bits per heavy atom. The number of hydrogen-bond acceptors (Lipinski definition) is 2. The molecule has 0 aromatic heterocycles. The molecule has 0 unspecified atom stereocenters. The van der Waals surface area contributed by atoms with Crippen molar-refractivity contribution in [2.45, 2.75) is 387 Å². The smallest absolute Gasteiger partial charge is 0.133 e. The Kier molecular flexibility index (Phi) is 64.8. The van der Waals surface area contributed by atoms with E-state index in [1.165, 1.54) is 211 Å². The largest absolute Gasteiger partial charge is 0.489 e. The van der Waals surface area contributed by atoms with Crippen LogP contribution in [0.15, 0.2) is 66.7 Å². The highest BCUT2D eigenvalue weighted by atomic mass is 16.5. The molecule has 0 aliphatic heterocycles. The predicted octanol–water partition coefficient (Wildman–Crippen LogP) is 36.1. The number of rotatable bonds is 6. The zero-order valence-electron chi connectivity index (χ0n) is 83.4. The summed E-state index contributed by atoms with van der Waals surface area (Å²) in [5.74, 6) is 2.96. The normalized spacial score (nSPS) is 9.26. The molecule has 0 saturated carbocycles. The molecular weight excluding hydrogens is 1330 g/mol. The lowest BCUT2D eigenvalue weighted by atomic mass is 9.84. The highest BCUT2D eigenvalue weighted by Crippen LogP contribution is 2.39. The van der Waals surface area contributed by atoms with Gasteiger partial charge >= 0.3 is 0 Å². The quantitative estimate of drug-likeness (QED) is 0.165. The van der Waals surface area contributed by atoms with Crippen LogP contribution in [0, 0.1) is 228 Å². The molecule has 9 rings (SSSR count). The van der Waals surface area contributed by atoms with Gasteiger partial charge < -0.3 is 9.47 Å². The number of aryl methyl sites for hydroxylation is 7. The molecule has 0 atom stereocenters. The lowest BCUT2D eigenvalue weighted by molar-refractivity contribution is 0.302. The minimum absolute atomic E-state index is 0.643. The molecular formula is C108H178O2. The second-order valence-corrected chi connectivity index (χ2v) is 26.3. The topological polar surface area (TPSA) is 18.5 Å². The zero-order chi connectivity index (χ0) is 88.6. The molecule has 0 radical (unpaired) electrons. The van der Waals surface area contributed by atoms with E-state index in [0.717, 1.165) is 17.2 Å². The van der Waals surface area contributed by atoms with Gasteiger partial charge in [0, 0.05) is 0 Å². The van der Waals surface area contributed by atoms with Crippen LogP contribution in [0.1, 0.15) is 341 Å². The molecule has 622 valence electrons. The average molecular weight is 1510 g/mol. The second kappa shape index (κ2) is 61.4. The molecule has 0 heterocycles. The fourth-order valence-corrected chi connectivity index (χ4v) is 12.6. The van der Waals surface area contributed by atoms with E-state index in [2.05, 4.69) is 289 Å². The Bertz CT molecular complexity index is 3920. The van der Waals surface area contributed by atoms with Crippen LogP contribution in [0.25, 0.3) is 21.9 Å². The maximum absolute atomic E-state index is 6.27. The molecule has 0 bridgehead atoms. The van der Waals surface area contributed by atoms with Crippen molar-refractivity contribution in [2.24, 2.45) is 0 Å². The Morgan fingerprint density at radius 1 is 0.191 bits per heavy atom. The highest BCUT2D eigenvalue weighted by Gasteiger charge is 2.19. The van der Waals surface area contributed by atoms with E-state index in [1.54, 1.807) is 0 Å². The lowest BCUT2D eigenvalue weighted by Gasteiger charge is -2.20. The minimum Gasteiger partial charge on any atom is -0.489 e. The van der Waals surface area contributed by atoms with E-state index in [4.69, 9.17) is 9.47 Å². The van der Waals surface area contributed by atoms with Gasteiger partial charge in [0.25, 0.3) is 0 Å². The van der Waals surface area contributed by atoms with E-state index in [0.29, 0.717) is 6.61 Å². The molecule has 0 saturated heterocycles. The molecule has 0 spiro atoms. The summed E-state index contributed by atoms with van der Waals surface area (Å²) in [5.41, 5.74) is 49.8. The number of hydrogen-bond donors (Lipinski definition) is 0. The predicted molar refractivity (Wildman–Crippen MR) is 514 cm³/mol. The third kappa shape index (κ3) is 30.7. The molecule has 9 aromatic rings. The van der Waals surface area contributed by atoms with Gasteiger partial charge in [-0.25, -0.2) is 0 Å². The van der Waals surface area contributed by atoms with Crippen LogP contribution in [-0.2, 0) is 6.61 Å². The van der Waals surface area contributed by atoms with Gasteiger partial charge in [-0.3, -0.25) is 0 Å². The summed E-state index contributed by atoms with van der Waals surface area (Å²) in [5, 5.41) is 2.88. The van der Waals surface area contributed by atoms with Gasteiger partial charge in [-0.2, -0.15) is 0 Å². The fourth-order valence-electron chi connectivity index (χ4n) is 12.6. The van der Waals surface area contributed by atoms with Crippen LogP contribution >= 0.6 is 0 Å². The molecule has 0 aliphatic carbocycles. The van der Waals surface area contributed by atoms with E-state index in [9.17, 15) is 0 Å². The maximum atomic E-state index is 6.27. The summed E-state index contributed by atoms with van der Waals surface area (Å²) in [6, 6.07) is 23.6. The van der Waals surface area contributed by atoms with Crippen molar-refractivity contribution in [3.05, 3.63) is 256 Å². The third-order valence-corrected chi connectivity index (χ3v) is 22.2. The van der Waals surface area contributed by atoms with Crippen LogP contribution in [-0.4, -0.2) is 0 Å². The van der Waals surface area contributed by atoms with Crippen molar-refractivity contribution < 1.29 is 9.47 Å². The second-order valence-electron chi connectivity index (χ2n) is 26.3. The van der Waals surface area contributed by atoms with Gasteiger partial charge in [0.05, 0.1) is 0 Å². The molecule has 0 aliphatic rings. The summed E-state index contributed by atoms with van der Waals surface area (Å²) in [6.45, 7) is 117. The van der Waals surface area contributed by atoms with Crippen LogP contribution in [0.5, 0.6) is 17.2 Å². The highest BCUT2D eigenvalue weighted by molar-refractivity contribution is 5.94. The maximum Gasteiger partial charge on any atom is 0.133 e. The Labute approximate surface area is 687 Å². The number of ether oxygens (including phenoxy) is 2. The van der Waals surface area contributed by atoms with Crippen molar-refractivity contribution in [3.8, 4) is 28.4 Å². The summed E-state index contributed by atoms with van der Waals surface area (Å²) in [6.07, 6.45) is 0. The van der Waals surface area contributed by atoms with Gasteiger partial charge in [-0.15, -0.1) is 0 Å². The van der Waals surface area contributed by atoms with E-state index in [-0.39, 0.29) is 0 Å². The van der Waals surface area contributed by atoms with Gasteiger partial charge in [-0.05, 0) is 452 Å². The van der Waals surface area contributed by atoms with E-state index >= 15 is 0 Å². The third-order valence-electron chi connectivity index (χ3n) is 22.2. The molecule has 0 fully saturated rings. The Hall–Kier alpha value is -7.16. The lowest BCUT2D eigenvalue weighted by Crippen LogP contribution is -2.07. The van der Waals surface area contributed by atoms with Gasteiger partial charge in [0.15, 0.2) is 0 Å². The van der Waals surface area contributed by atoms with E-state index < -0.39 is 0 Å². The average Bonchev–Trinajstić information content (AvgIpc) is 0.779. The number of benzene rings is 9. The molecule has 2 heteroatoms. The van der Waals surface area contributed by atoms with Crippen molar-refractivity contribution in [1.82, 2.24) is 0 Å². The van der Waals surface area contributed by atoms with Crippen molar-refractivity contribution in [2.75, 3.05) is 0 Å². The van der Waals surface area contributed by atoms with Gasteiger partial charge in [0.2, 0.25) is 0 Å². The first kappa shape index (κ1) is 116. The number of fused-ring (bicyclic) bond motifs is 1. The summed E-state index contributed by atoms with van der Waals surface area (Å²) < 4.78 is 12.4. The van der Waals surface area contributed by atoms with Crippen LogP contribution < -0.4 is 9.47 Å². The monoisotopic (exact) mass is 1510 g/mol. The standard InChI is InChI=1S/C20H26O.C19H24O.C19H24.C16H20.C12H18.11C2H6/c1-12-9-8-10-20(13(12)2)21-11-19-17(6)15(4)14(3)16(5)18(19)7;1-11-9-8-10-18(12(11)2)20-19-16(6)14(4)13(3)15(5)17(19)7;1-11-9-8-10-18(12(11)2)19-16(6)14(4)13(3)15(5)17(19)7;1-9-7-8-15-13(5)11(3)12(4)14(6)16(15)10(9)2;1-7-8(2)10(4)12(6)11(5)9(7)3;11*1-2/h8-10H,11H2,1-7H3;8-10H,1-7H3;8-10H,1-7H3;7-8H,1-6H3;1-6H3;11*1-2H3. The van der Waals surface area contributed by atoms with Crippen LogP contribution in [0.3, 0.4) is 0 Å². The summed E-state index contributed by atoms with van der Waals surface area (Å²) in [7, 11) is 0. The van der Waals surface area contributed by atoms with Crippen molar-refractivity contribution in [1.29, 1.82) is 0 Å². The first-order valence-electron chi connectivity index (χ1n) is 43.1. The van der Waals surface area contributed by atoms with Crippen LogP contribution in [0.2, 0.25) is 0 Å². The molecule has 2 nitrogen and oxygen atoms in total. The van der Waals surface area contributed by atoms with Gasteiger partial charge in [-0.1, -0.05) is 207 Å². The summed E-state index contributed by atoms with van der Waals surface area (Å²) >= 11 is 0. The fraction of sp³-hybridized carbons (Fsp3) is 0.519. The Balaban J connectivity index is -0.000000228. The van der Waals surface area contributed by atoms with Crippen LogP contribution in [0.4, 0.5) is 0 Å².